The molecule has 0 amide bonds. The van der Waals surface area contributed by atoms with Crippen LogP contribution in [0.25, 0.3) is 0 Å². The van der Waals surface area contributed by atoms with E-state index < -0.39 is 11.6 Å². The lowest BCUT2D eigenvalue weighted by Gasteiger charge is -2.55. The van der Waals surface area contributed by atoms with Crippen molar-refractivity contribution in [1.82, 2.24) is 10.2 Å². The number of piperidine rings is 1. The third-order valence-electron chi connectivity index (χ3n) is 7.71. The monoisotopic (exact) mass is 539 g/mol. The first-order valence-corrected chi connectivity index (χ1v) is 12.4. The predicted octanol–water partition coefficient (Wildman–Crippen LogP) is 5.34. The van der Waals surface area contributed by atoms with Crippen LogP contribution in [0.5, 0.6) is 0 Å². The summed E-state index contributed by atoms with van der Waals surface area (Å²) in [7, 11) is 2.20. The normalized spacial score (nSPS) is 28.3. The molecular weight excluding hydrogens is 497 g/mol. The molecule has 202 valence electrons. The second-order valence-electron chi connectivity index (χ2n) is 10.4. The van der Waals surface area contributed by atoms with E-state index in [1.165, 1.54) is 37.8 Å². The predicted molar refractivity (Wildman–Crippen MR) is 152 cm³/mol. The molecular formula is C28H43Cl2N3O3. The Morgan fingerprint density at radius 3 is 2.33 bits per heavy atom. The van der Waals surface area contributed by atoms with E-state index in [1.54, 1.807) is 12.1 Å². The zero-order valence-electron chi connectivity index (χ0n) is 21.7. The SMILES string of the molecule is CC1CC(O)(c2ccccc2)C(C)(CC2CCCCCN2)CN1C.Cl.Cl.Nc1ccc(C(=O)O)cc1. The molecule has 4 atom stereocenters. The van der Waals surface area contributed by atoms with Gasteiger partial charge in [0.15, 0.2) is 0 Å². The summed E-state index contributed by atoms with van der Waals surface area (Å²) in [5, 5.41) is 24.1. The Balaban J connectivity index is 0.000000459. The molecule has 0 aromatic heterocycles. The lowest BCUT2D eigenvalue weighted by atomic mass is 9.61. The number of nitrogens with zero attached hydrogens (tertiary/aromatic N) is 1. The largest absolute Gasteiger partial charge is 0.478 e. The number of hydrogen-bond donors (Lipinski definition) is 4. The number of carbonyl (C=O) groups is 1. The van der Waals surface area contributed by atoms with Crippen molar-refractivity contribution < 1.29 is 15.0 Å². The zero-order valence-corrected chi connectivity index (χ0v) is 23.3. The van der Waals surface area contributed by atoms with Crippen molar-refractivity contribution in [3.8, 4) is 0 Å². The van der Waals surface area contributed by atoms with Crippen molar-refractivity contribution in [2.45, 2.75) is 70.1 Å². The number of anilines is 1. The topological polar surface area (TPSA) is 98.8 Å². The quantitative estimate of drug-likeness (QED) is 0.391. The van der Waals surface area contributed by atoms with Gasteiger partial charge < -0.3 is 26.2 Å². The Bertz CT molecular complexity index is 923. The van der Waals surface area contributed by atoms with Crippen molar-refractivity contribution in [3.05, 3.63) is 65.7 Å². The standard InChI is InChI=1S/C21H34N2O.C7H7NO2.2ClH/c1-17-14-21(24,18-10-6-4-7-11-18)20(2,16-23(17)3)15-19-12-8-5-9-13-22-19;8-6-3-1-5(2-4-6)7(9)10;;/h4,6-7,10-11,17,19,22,24H,5,8-9,12-16H2,1-3H3;1-4H,8H2,(H,9,10);2*1H. The minimum absolute atomic E-state index is 0. The number of rotatable bonds is 4. The fraction of sp³-hybridized carbons (Fsp3) is 0.536. The summed E-state index contributed by atoms with van der Waals surface area (Å²) in [6, 6.07) is 17.3. The summed E-state index contributed by atoms with van der Waals surface area (Å²) in [5.41, 5.74) is 6.35. The van der Waals surface area contributed by atoms with Gasteiger partial charge in [-0.3, -0.25) is 0 Å². The second kappa shape index (κ2) is 14.2. The van der Waals surface area contributed by atoms with Gasteiger partial charge in [-0.05, 0) is 76.0 Å². The fourth-order valence-corrected chi connectivity index (χ4v) is 5.52. The van der Waals surface area contributed by atoms with E-state index in [0.29, 0.717) is 17.8 Å². The van der Waals surface area contributed by atoms with Gasteiger partial charge >= 0.3 is 5.97 Å². The molecule has 6 nitrogen and oxygen atoms in total. The Hall–Kier alpha value is -1.83. The van der Waals surface area contributed by atoms with Gasteiger partial charge in [0.25, 0.3) is 0 Å². The van der Waals surface area contributed by atoms with Crippen LogP contribution in [0.4, 0.5) is 5.69 Å². The van der Waals surface area contributed by atoms with Crippen LogP contribution in [0.15, 0.2) is 54.6 Å². The number of nitrogens with two attached hydrogens (primary N) is 1. The number of carboxylic acids is 1. The van der Waals surface area contributed by atoms with Gasteiger partial charge in [-0.1, -0.05) is 50.1 Å². The van der Waals surface area contributed by atoms with Gasteiger partial charge in [0.1, 0.15) is 0 Å². The van der Waals surface area contributed by atoms with Crippen LogP contribution in [0.3, 0.4) is 0 Å². The summed E-state index contributed by atoms with van der Waals surface area (Å²) in [5.74, 6) is -0.931. The number of aromatic carboxylic acids is 1. The highest BCUT2D eigenvalue weighted by Crippen LogP contribution is 2.50. The van der Waals surface area contributed by atoms with Crippen LogP contribution < -0.4 is 11.1 Å². The first-order chi connectivity index (χ1) is 16.1. The Morgan fingerprint density at radius 1 is 1.08 bits per heavy atom. The van der Waals surface area contributed by atoms with E-state index in [9.17, 15) is 9.90 Å². The molecule has 2 aliphatic heterocycles. The number of likely N-dealkylation sites (tertiary alicyclic amines) is 1. The van der Waals surface area contributed by atoms with Crippen LogP contribution in [0.2, 0.25) is 0 Å². The molecule has 0 bridgehead atoms. The van der Waals surface area contributed by atoms with E-state index in [2.05, 4.69) is 55.4 Å². The number of carboxylic acid groups (broad SMARTS) is 1. The zero-order chi connectivity index (χ0) is 24.8. The van der Waals surface area contributed by atoms with Crippen molar-refractivity contribution in [2.75, 3.05) is 25.9 Å². The third-order valence-corrected chi connectivity index (χ3v) is 7.71. The lowest BCUT2D eigenvalue weighted by molar-refractivity contribution is -0.151. The van der Waals surface area contributed by atoms with Gasteiger partial charge in [0.2, 0.25) is 0 Å². The molecule has 2 aromatic rings. The molecule has 0 saturated carbocycles. The van der Waals surface area contributed by atoms with Crippen LogP contribution in [0, 0.1) is 5.41 Å². The minimum Gasteiger partial charge on any atom is -0.478 e. The summed E-state index contributed by atoms with van der Waals surface area (Å²) >= 11 is 0. The van der Waals surface area contributed by atoms with E-state index in [4.69, 9.17) is 10.8 Å². The molecule has 0 aliphatic carbocycles. The third kappa shape index (κ3) is 7.83. The molecule has 4 unspecified atom stereocenters. The van der Waals surface area contributed by atoms with Crippen molar-refractivity contribution in [3.63, 3.8) is 0 Å². The Labute approximate surface area is 228 Å². The summed E-state index contributed by atoms with van der Waals surface area (Å²) in [4.78, 5) is 12.7. The highest BCUT2D eigenvalue weighted by molar-refractivity contribution is 5.87. The molecule has 2 saturated heterocycles. The Kier molecular flexibility index (Phi) is 12.7. The van der Waals surface area contributed by atoms with E-state index in [-0.39, 0.29) is 35.8 Å². The van der Waals surface area contributed by atoms with Gasteiger partial charge in [0, 0.05) is 29.7 Å². The highest BCUT2D eigenvalue weighted by Gasteiger charge is 2.53. The maximum absolute atomic E-state index is 11.9. The lowest BCUT2D eigenvalue weighted by Crippen LogP contribution is -2.60. The maximum atomic E-state index is 11.9. The first kappa shape index (κ1) is 32.2. The van der Waals surface area contributed by atoms with Crippen molar-refractivity contribution in [1.29, 1.82) is 0 Å². The number of aliphatic hydroxyl groups is 1. The molecule has 0 spiro atoms. The first-order valence-electron chi connectivity index (χ1n) is 12.4. The smallest absolute Gasteiger partial charge is 0.335 e. The van der Waals surface area contributed by atoms with Crippen LogP contribution in [0.1, 0.15) is 68.3 Å². The Morgan fingerprint density at radius 2 is 1.72 bits per heavy atom. The second-order valence-corrected chi connectivity index (χ2v) is 10.4. The number of halogens is 2. The molecule has 2 aromatic carbocycles. The van der Waals surface area contributed by atoms with Gasteiger partial charge in [-0.25, -0.2) is 4.79 Å². The number of hydrogen-bond acceptors (Lipinski definition) is 5. The number of nitrogen functional groups attached to an aromatic ring is 1. The molecule has 4 rings (SSSR count). The summed E-state index contributed by atoms with van der Waals surface area (Å²) in [6.45, 7) is 6.60. The van der Waals surface area contributed by atoms with Crippen molar-refractivity contribution in [2.24, 2.45) is 5.41 Å². The highest BCUT2D eigenvalue weighted by atomic mass is 35.5. The van der Waals surface area contributed by atoms with Crippen molar-refractivity contribution >= 4 is 36.5 Å². The van der Waals surface area contributed by atoms with Crippen LogP contribution in [-0.2, 0) is 5.60 Å². The van der Waals surface area contributed by atoms with Gasteiger partial charge in [0.05, 0.1) is 11.2 Å². The van der Waals surface area contributed by atoms with Crippen LogP contribution >= 0.6 is 24.8 Å². The average Bonchev–Trinajstić information content (AvgIpc) is 3.07. The molecule has 2 heterocycles. The van der Waals surface area contributed by atoms with Gasteiger partial charge in [-0.2, -0.15) is 0 Å². The molecule has 36 heavy (non-hydrogen) atoms. The molecule has 0 radical (unpaired) electrons. The van der Waals surface area contributed by atoms with E-state index in [0.717, 1.165) is 31.5 Å². The molecule has 2 fully saturated rings. The molecule has 5 N–H and O–H groups in total. The van der Waals surface area contributed by atoms with Crippen LogP contribution in [-0.4, -0.2) is 53.3 Å². The number of nitrogens with one attached hydrogen (secondary N) is 1. The maximum Gasteiger partial charge on any atom is 0.335 e. The van der Waals surface area contributed by atoms with E-state index in [1.807, 2.05) is 6.07 Å². The summed E-state index contributed by atoms with van der Waals surface area (Å²) < 4.78 is 0. The molecule has 8 heteroatoms. The number of benzene rings is 2. The summed E-state index contributed by atoms with van der Waals surface area (Å²) in [6.07, 6.45) is 7.00. The van der Waals surface area contributed by atoms with Gasteiger partial charge in [-0.15, -0.1) is 24.8 Å². The molecule has 2 aliphatic rings. The fourth-order valence-electron chi connectivity index (χ4n) is 5.52. The van der Waals surface area contributed by atoms with E-state index >= 15 is 0 Å². The minimum atomic E-state index is -0.931. The average molecular weight is 541 g/mol.